The third-order valence-electron chi connectivity index (χ3n) is 5.33. The van der Waals surface area contributed by atoms with Crippen LogP contribution in [0, 0.1) is 0 Å². The van der Waals surface area contributed by atoms with E-state index in [2.05, 4.69) is 17.8 Å². The Balaban J connectivity index is 1.42. The van der Waals surface area contributed by atoms with Gasteiger partial charge in [-0.05, 0) is 60.9 Å². The summed E-state index contributed by atoms with van der Waals surface area (Å²) in [4.78, 5) is 24.7. The van der Waals surface area contributed by atoms with Gasteiger partial charge in [-0.2, -0.15) is 0 Å². The van der Waals surface area contributed by atoms with E-state index >= 15 is 0 Å². The van der Waals surface area contributed by atoms with Crippen molar-refractivity contribution in [2.45, 2.75) is 45.6 Å². The van der Waals surface area contributed by atoms with Crippen LogP contribution in [0.5, 0.6) is 11.5 Å². The van der Waals surface area contributed by atoms with Crippen molar-refractivity contribution < 1.29 is 19.1 Å². The fourth-order valence-electron chi connectivity index (χ4n) is 3.33. The molecule has 0 radical (unpaired) electrons. The van der Waals surface area contributed by atoms with Gasteiger partial charge >= 0.3 is 0 Å². The molecule has 0 aromatic heterocycles. The molecule has 3 rings (SSSR count). The number of hydrogen-bond acceptors (Lipinski definition) is 4. The lowest BCUT2D eigenvalue weighted by Crippen LogP contribution is -2.47. The Morgan fingerprint density at radius 1 is 0.765 bits per heavy atom. The van der Waals surface area contributed by atoms with Crippen molar-refractivity contribution in [3.63, 3.8) is 0 Å². The van der Waals surface area contributed by atoms with Gasteiger partial charge in [-0.3, -0.25) is 20.4 Å². The van der Waals surface area contributed by atoms with Crippen LogP contribution in [0.1, 0.15) is 49.9 Å². The molecule has 2 amide bonds. The van der Waals surface area contributed by atoms with Crippen LogP contribution >= 0.6 is 0 Å². The molecule has 0 fully saturated rings. The van der Waals surface area contributed by atoms with Crippen molar-refractivity contribution in [1.29, 1.82) is 0 Å². The molecule has 0 bridgehead atoms. The van der Waals surface area contributed by atoms with Crippen LogP contribution in [0.3, 0.4) is 0 Å². The third-order valence-corrected chi connectivity index (χ3v) is 5.33. The fraction of sp³-hybridized carbons (Fsp3) is 0.286. The van der Waals surface area contributed by atoms with Crippen molar-refractivity contribution in [3.05, 3.63) is 84.4 Å². The van der Waals surface area contributed by atoms with Crippen LogP contribution in [0.25, 0.3) is 11.1 Å². The van der Waals surface area contributed by atoms with E-state index in [1.807, 2.05) is 54.6 Å². The van der Waals surface area contributed by atoms with E-state index in [0.29, 0.717) is 17.9 Å². The van der Waals surface area contributed by atoms with Gasteiger partial charge in [-0.1, -0.05) is 68.7 Å². The average Bonchev–Trinajstić information content (AvgIpc) is 2.88. The summed E-state index contributed by atoms with van der Waals surface area (Å²) >= 11 is 0. The summed E-state index contributed by atoms with van der Waals surface area (Å²) in [7, 11) is 0. The van der Waals surface area contributed by atoms with Gasteiger partial charge in [0.05, 0.1) is 6.61 Å². The molecule has 0 aliphatic rings. The predicted octanol–water partition coefficient (Wildman–Crippen LogP) is 5.54. The average molecular weight is 461 g/mol. The molecule has 6 nitrogen and oxygen atoms in total. The van der Waals surface area contributed by atoms with Gasteiger partial charge in [0.15, 0.2) is 6.10 Å². The molecule has 1 unspecified atom stereocenters. The fourth-order valence-corrected chi connectivity index (χ4v) is 3.33. The maximum atomic E-state index is 12.3. The first-order valence-corrected chi connectivity index (χ1v) is 11.7. The number of benzene rings is 3. The maximum absolute atomic E-state index is 12.3. The van der Waals surface area contributed by atoms with E-state index in [9.17, 15) is 9.59 Å². The minimum absolute atomic E-state index is 0.415. The van der Waals surface area contributed by atoms with Gasteiger partial charge in [0.1, 0.15) is 11.5 Å². The first-order valence-electron chi connectivity index (χ1n) is 11.7. The summed E-state index contributed by atoms with van der Waals surface area (Å²) in [6.07, 6.45) is 3.77. The summed E-state index contributed by atoms with van der Waals surface area (Å²) < 4.78 is 11.4. The van der Waals surface area contributed by atoms with Gasteiger partial charge in [0.2, 0.25) is 0 Å². The molecule has 3 aromatic carbocycles. The number of amides is 2. The lowest BCUT2D eigenvalue weighted by atomic mass is 10.1. The van der Waals surface area contributed by atoms with Crippen molar-refractivity contribution in [1.82, 2.24) is 10.9 Å². The Labute approximate surface area is 201 Å². The molecule has 0 spiro atoms. The van der Waals surface area contributed by atoms with Gasteiger partial charge in [0.25, 0.3) is 11.8 Å². The summed E-state index contributed by atoms with van der Waals surface area (Å²) in [5, 5.41) is 0. The number of carbonyl (C=O) groups excluding carboxylic acids is 2. The number of nitrogens with one attached hydrogen (secondary N) is 2. The topological polar surface area (TPSA) is 76.7 Å². The van der Waals surface area contributed by atoms with Crippen LogP contribution in [0.2, 0.25) is 0 Å². The van der Waals surface area contributed by atoms with Crippen LogP contribution in [-0.4, -0.2) is 24.5 Å². The van der Waals surface area contributed by atoms with Crippen molar-refractivity contribution >= 4 is 11.8 Å². The Morgan fingerprint density at radius 3 is 2.09 bits per heavy atom. The number of unbranched alkanes of at least 4 members (excludes halogenated alkanes) is 3. The first-order chi connectivity index (χ1) is 16.6. The maximum Gasteiger partial charge on any atom is 0.279 e. The number of hydrogen-bond donors (Lipinski definition) is 2. The lowest BCUT2D eigenvalue weighted by molar-refractivity contribution is -0.128. The van der Waals surface area contributed by atoms with Crippen LogP contribution in [0.4, 0.5) is 0 Å². The SMILES string of the molecule is CCCCCCOc1ccc(C(=O)NNC(=O)C(C)Oc2ccc(-c3ccccc3)cc2)cc1. The van der Waals surface area contributed by atoms with E-state index in [1.165, 1.54) is 12.8 Å². The second kappa shape index (κ2) is 13.0. The highest BCUT2D eigenvalue weighted by Gasteiger charge is 2.16. The number of hydrazine groups is 1. The van der Waals surface area contributed by atoms with E-state index in [1.54, 1.807) is 31.2 Å². The molecule has 178 valence electrons. The van der Waals surface area contributed by atoms with E-state index in [-0.39, 0.29) is 0 Å². The first kappa shape index (κ1) is 24.8. The molecule has 0 heterocycles. The zero-order valence-corrected chi connectivity index (χ0v) is 19.8. The zero-order chi connectivity index (χ0) is 24.2. The molecule has 3 aromatic rings. The Hall–Kier alpha value is -3.80. The molecule has 0 aliphatic heterocycles. The standard InChI is InChI=1S/C28H32N2O4/c1-3-4-5-9-20-33-25-16-14-24(15-17-25)28(32)30-29-27(31)21(2)34-26-18-12-23(13-19-26)22-10-7-6-8-11-22/h6-8,10-19,21H,3-5,9,20H2,1-2H3,(H,29,31)(H,30,32). The molecular weight excluding hydrogens is 428 g/mol. The molecule has 0 saturated heterocycles. The molecule has 2 N–H and O–H groups in total. The number of ether oxygens (including phenoxy) is 2. The largest absolute Gasteiger partial charge is 0.494 e. The van der Waals surface area contributed by atoms with Gasteiger partial charge in [-0.25, -0.2) is 0 Å². The summed E-state index contributed by atoms with van der Waals surface area (Å²) in [5.41, 5.74) is 7.42. The monoisotopic (exact) mass is 460 g/mol. The van der Waals surface area contributed by atoms with Crippen LogP contribution in [-0.2, 0) is 4.79 Å². The minimum Gasteiger partial charge on any atom is -0.494 e. The quantitative estimate of drug-likeness (QED) is 0.291. The van der Waals surface area contributed by atoms with Gasteiger partial charge in [0, 0.05) is 5.56 Å². The highest BCUT2D eigenvalue weighted by atomic mass is 16.5. The zero-order valence-electron chi connectivity index (χ0n) is 19.8. The highest BCUT2D eigenvalue weighted by molar-refractivity contribution is 5.95. The third kappa shape index (κ3) is 7.66. The van der Waals surface area contributed by atoms with E-state index in [4.69, 9.17) is 9.47 Å². The normalized spacial score (nSPS) is 11.4. The molecule has 0 aliphatic carbocycles. The summed E-state index contributed by atoms with van der Waals surface area (Å²) in [5.74, 6) is 0.422. The summed E-state index contributed by atoms with van der Waals surface area (Å²) in [6, 6.07) is 24.3. The highest BCUT2D eigenvalue weighted by Crippen LogP contribution is 2.22. The van der Waals surface area contributed by atoms with E-state index < -0.39 is 17.9 Å². The van der Waals surface area contributed by atoms with Crippen LogP contribution < -0.4 is 20.3 Å². The second-order valence-corrected chi connectivity index (χ2v) is 8.03. The Kier molecular flexibility index (Phi) is 9.52. The molecule has 1 atom stereocenters. The lowest BCUT2D eigenvalue weighted by Gasteiger charge is -2.15. The van der Waals surface area contributed by atoms with Crippen LogP contribution in [0.15, 0.2) is 78.9 Å². The number of carbonyl (C=O) groups is 2. The smallest absolute Gasteiger partial charge is 0.279 e. The molecule has 0 saturated carbocycles. The van der Waals surface area contributed by atoms with Gasteiger partial charge < -0.3 is 9.47 Å². The Morgan fingerprint density at radius 2 is 1.41 bits per heavy atom. The molecule has 6 heteroatoms. The minimum atomic E-state index is -0.786. The molecular formula is C28H32N2O4. The van der Waals surface area contributed by atoms with Crippen molar-refractivity contribution in [2.75, 3.05) is 6.61 Å². The van der Waals surface area contributed by atoms with Crippen molar-refractivity contribution in [3.8, 4) is 22.6 Å². The van der Waals surface area contributed by atoms with Crippen molar-refractivity contribution in [2.24, 2.45) is 0 Å². The van der Waals surface area contributed by atoms with E-state index in [0.717, 1.165) is 29.7 Å². The number of rotatable bonds is 11. The Bertz CT molecular complexity index is 1030. The predicted molar refractivity (Wildman–Crippen MR) is 134 cm³/mol. The van der Waals surface area contributed by atoms with Gasteiger partial charge in [-0.15, -0.1) is 0 Å². The summed E-state index contributed by atoms with van der Waals surface area (Å²) in [6.45, 7) is 4.46. The second-order valence-electron chi connectivity index (χ2n) is 8.03. The molecule has 34 heavy (non-hydrogen) atoms.